The van der Waals surface area contributed by atoms with Gasteiger partial charge in [-0.1, -0.05) is 60.7 Å². The maximum atomic E-state index is 12.4. The number of esters is 1. The highest BCUT2D eigenvalue weighted by Gasteiger charge is 2.19. The molecular weight excluding hydrogens is 338 g/mol. The molecule has 3 rings (SSSR count). The van der Waals surface area contributed by atoms with Crippen LogP contribution in [0.4, 0.5) is 5.69 Å². The number of nitrogens with one attached hydrogen (secondary N) is 1. The first-order valence-corrected chi connectivity index (χ1v) is 8.98. The minimum atomic E-state index is -0.864. The van der Waals surface area contributed by atoms with Gasteiger partial charge in [-0.25, -0.2) is 0 Å². The maximum Gasteiger partial charge on any atom is 0.311 e. The Morgan fingerprint density at radius 2 is 1.59 bits per heavy atom. The lowest BCUT2D eigenvalue weighted by molar-refractivity contribution is -0.152. The van der Waals surface area contributed by atoms with Gasteiger partial charge in [-0.2, -0.15) is 0 Å². The fourth-order valence-electron chi connectivity index (χ4n) is 3.04. The molecule has 0 unspecified atom stereocenters. The summed E-state index contributed by atoms with van der Waals surface area (Å²) in [5, 5.41) is 5.05. The molecule has 0 aliphatic heterocycles. The van der Waals surface area contributed by atoms with Crippen molar-refractivity contribution in [2.24, 2.45) is 0 Å². The summed E-state index contributed by atoms with van der Waals surface area (Å²) in [4.78, 5) is 24.6. The molecule has 0 fully saturated rings. The summed E-state index contributed by atoms with van der Waals surface area (Å²) in [6.45, 7) is 5.44. The van der Waals surface area contributed by atoms with Crippen LogP contribution in [0.1, 0.15) is 23.6 Å². The Labute approximate surface area is 159 Å². The zero-order valence-electron chi connectivity index (χ0n) is 15.8. The van der Waals surface area contributed by atoms with Crippen molar-refractivity contribution in [2.75, 3.05) is 5.32 Å². The first-order chi connectivity index (χ1) is 12.9. The lowest BCUT2D eigenvalue weighted by Crippen LogP contribution is -2.31. The molecule has 27 heavy (non-hydrogen) atoms. The van der Waals surface area contributed by atoms with Crippen molar-refractivity contribution in [1.82, 2.24) is 0 Å². The standard InChI is InChI=1S/C23H23NO3/c1-15-7-6-8-16(2)22(15)24-23(26)17(3)27-21(25)14-18-11-12-19-9-4-5-10-20(19)13-18/h4-13,17H,14H2,1-3H3,(H,24,26)/t17-/m1/s1. The minimum Gasteiger partial charge on any atom is -0.452 e. The number of carbonyl (C=O) groups excluding carboxylic acids is 2. The van der Waals surface area contributed by atoms with Gasteiger partial charge in [-0.15, -0.1) is 0 Å². The molecule has 3 aromatic rings. The maximum absolute atomic E-state index is 12.4. The van der Waals surface area contributed by atoms with Crippen molar-refractivity contribution in [1.29, 1.82) is 0 Å². The Morgan fingerprint density at radius 3 is 2.30 bits per heavy atom. The Bertz CT molecular complexity index is 974. The van der Waals surface area contributed by atoms with Gasteiger partial charge < -0.3 is 10.1 Å². The van der Waals surface area contributed by atoms with Gasteiger partial charge in [0.1, 0.15) is 0 Å². The predicted octanol–water partition coefficient (Wildman–Crippen LogP) is 4.57. The zero-order chi connectivity index (χ0) is 19.4. The number of para-hydroxylation sites is 1. The van der Waals surface area contributed by atoms with Crippen LogP contribution in [0, 0.1) is 13.8 Å². The third-order valence-corrected chi connectivity index (χ3v) is 4.57. The van der Waals surface area contributed by atoms with Crippen LogP contribution in [0.15, 0.2) is 60.7 Å². The predicted molar refractivity (Wildman–Crippen MR) is 108 cm³/mol. The summed E-state index contributed by atoms with van der Waals surface area (Å²) in [5.74, 6) is -0.756. The Morgan fingerprint density at radius 1 is 0.926 bits per heavy atom. The second kappa shape index (κ2) is 8.04. The van der Waals surface area contributed by atoms with E-state index in [-0.39, 0.29) is 12.3 Å². The molecule has 1 amide bonds. The molecule has 0 heterocycles. The number of aryl methyl sites for hydroxylation is 2. The molecule has 138 valence electrons. The second-order valence-corrected chi connectivity index (χ2v) is 6.75. The number of carbonyl (C=O) groups is 2. The summed E-state index contributed by atoms with van der Waals surface area (Å²) in [7, 11) is 0. The smallest absolute Gasteiger partial charge is 0.311 e. The Hall–Kier alpha value is -3.14. The van der Waals surface area contributed by atoms with Crippen LogP contribution in [-0.2, 0) is 20.7 Å². The SMILES string of the molecule is Cc1cccc(C)c1NC(=O)[C@@H](C)OC(=O)Cc1ccc2ccccc2c1. The van der Waals surface area contributed by atoms with Gasteiger partial charge in [-0.3, -0.25) is 9.59 Å². The topological polar surface area (TPSA) is 55.4 Å². The fraction of sp³-hybridized carbons (Fsp3) is 0.217. The van der Waals surface area contributed by atoms with Gasteiger partial charge in [0.2, 0.25) is 0 Å². The summed E-state index contributed by atoms with van der Waals surface area (Å²) in [6, 6.07) is 19.6. The van der Waals surface area contributed by atoms with E-state index < -0.39 is 12.1 Å². The molecule has 0 aliphatic rings. The molecule has 0 radical (unpaired) electrons. The molecule has 0 saturated carbocycles. The highest BCUT2D eigenvalue weighted by atomic mass is 16.5. The molecule has 4 nitrogen and oxygen atoms in total. The van der Waals surface area contributed by atoms with Gasteiger partial charge in [-0.05, 0) is 48.2 Å². The lowest BCUT2D eigenvalue weighted by Gasteiger charge is -2.16. The molecule has 1 N–H and O–H groups in total. The van der Waals surface area contributed by atoms with E-state index in [4.69, 9.17) is 4.74 Å². The molecule has 0 saturated heterocycles. The minimum absolute atomic E-state index is 0.131. The molecule has 0 spiro atoms. The van der Waals surface area contributed by atoms with Crippen LogP contribution in [0.2, 0.25) is 0 Å². The Balaban J connectivity index is 1.61. The van der Waals surface area contributed by atoms with E-state index in [0.29, 0.717) is 0 Å². The van der Waals surface area contributed by atoms with Crippen molar-refractivity contribution < 1.29 is 14.3 Å². The van der Waals surface area contributed by atoms with Gasteiger partial charge in [0.25, 0.3) is 5.91 Å². The highest BCUT2D eigenvalue weighted by molar-refractivity contribution is 5.96. The van der Waals surface area contributed by atoms with Crippen molar-refractivity contribution in [2.45, 2.75) is 33.3 Å². The quantitative estimate of drug-likeness (QED) is 0.677. The van der Waals surface area contributed by atoms with Gasteiger partial charge in [0, 0.05) is 5.69 Å². The van der Waals surface area contributed by atoms with Crippen molar-refractivity contribution in [3.8, 4) is 0 Å². The number of hydrogen-bond donors (Lipinski definition) is 1. The number of benzene rings is 3. The molecule has 0 aromatic heterocycles. The molecule has 0 bridgehead atoms. The summed E-state index contributed by atoms with van der Waals surface area (Å²) in [5.41, 5.74) is 3.57. The number of hydrogen-bond acceptors (Lipinski definition) is 3. The van der Waals surface area contributed by atoms with Crippen molar-refractivity contribution in [3.63, 3.8) is 0 Å². The van der Waals surface area contributed by atoms with E-state index in [2.05, 4.69) is 5.32 Å². The van der Waals surface area contributed by atoms with Crippen molar-refractivity contribution >= 4 is 28.3 Å². The summed E-state index contributed by atoms with van der Waals surface area (Å²) < 4.78 is 5.33. The van der Waals surface area contributed by atoms with E-state index in [1.165, 1.54) is 0 Å². The van der Waals surface area contributed by atoms with Crippen LogP contribution >= 0.6 is 0 Å². The number of ether oxygens (including phenoxy) is 1. The number of rotatable bonds is 5. The van der Waals surface area contributed by atoms with E-state index >= 15 is 0 Å². The number of anilines is 1. The van der Waals surface area contributed by atoms with Crippen LogP contribution in [-0.4, -0.2) is 18.0 Å². The van der Waals surface area contributed by atoms with Crippen molar-refractivity contribution in [3.05, 3.63) is 77.4 Å². The second-order valence-electron chi connectivity index (χ2n) is 6.75. The fourth-order valence-corrected chi connectivity index (χ4v) is 3.04. The van der Waals surface area contributed by atoms with Crippen LogP contribution in [0.3, 0.4) is 0 Å². The van der Waals surface area contributed by atoms with E-state index in [1.54, 1.807) is 6.92 Å². The summed E-state index contributed by atoms with van der Waals surface area (Å²) >= 11 is 0. The highest BCUT2D eigenvalue weighted by Crippen LogP contribution is 2.20. The zero-order valence-corrected chi connectivity index (χ0v) is 15.8. The van der Waals surface area contributed by atoms with Gasteiger partial charge in [0.05, 0.1) is 6.42 Å². The largest absolute Gasteiger partial charge is 0.452 e. The average molecular weight is 361 g/mol. The number of amides is 1. The monoisotopic (exact) mass is 361 g/mol. The number of fused-ring (bicyclic) bond motifs is 1. The van der Waals surface area contributed by atoms with Crippen LogP contribution in [0.5, 0.6) is 0 Å². The van der Waals surface area contributed by atoms with E-state index in [9.17, 15) is 9.59 Å². The first kappa shape index (κ1) is 18.6. The van der Waals surface area contributed by atoms with E-state index in [0.717, 1.165) is 33.2 Å². The molecular formula is C23H23NO3. The van der Waals surface area contributed by atoms with E-state index in [1.807, 2.05) is 74.5 Å². The van der Waals surface area contributed by atoms with Gasteiger partial charge >= 0.3 is 5.97 Å². The third kappa shape index (κ3) is 4.53. The molecule has 0 aliphatic carbocycles. The average Bonchev–Trinajstić information content (AvgIpc) is 2.64. The van der Waals surface area contributed by atoms with Crippen LogP contribution < -0.4 is 5.32 Å². The molecule has 4 heteroatoms. The molecule has 3 aromatic carbocycles. The van der Waals surface area contributed by atoms with Gasteiger partial charge in [0.15, 0.2) is 6.10 Å². The van der Waals surface area contributed by atoms with Crippen LogP contribution in [0.25, 0.3) is 10.8 Å². The summed E-state index contributed by atoms with van der Waals surface area (Å²) in [6.07, 6.45) is -0.733. The third-order valence-electron chi connectivity index (χ3n) is 4.57. The molecule has 1 atom stereocenters. The first-order valence-electron chi connectivity index (χ1n) is 8.98. The lowest BCUT2D eigenvalue weighted by atomic mass is 10.1. The normalized spacial score (nSPS) is 11.8. The Kier molecular flexibility index (Phi) is 5.55.